The second-order valence-corrected chi connectivity index (χ2v) is 6.61. The van der Waals surface area contributed by atoms with Gasteiger partial charge in [0, 0.05) is 0 Å². The fourth-order valence-electron chi connectivity index (χ4n) is 2.09. The van der Waals surface area contributed by atoms with E-state index < -0.39 is 9.84 Å². The van der Waals surface area contributed by atoms with E-state index in [2.05, 4.69) is 5.32 Å². The molecule has 0 aromatic heterocycles. The number of hydrogen-bond acceptors (Lipinski definition) is 4. The van der Waals surface area contributed by atoms with Gasteiger partial charge in [-0.2, -0.15) is 0 Å². The summed E-state index contributed by atoms with van der Waals surface area (Å²) >= 11 is 0. The van der Waals surface area contributed by atoms with Crippen LogP contribution in [0.2, 0.25) is 0 Å². The molecular formula is C13H19NO3S. The Hall–Kier alpha value is -1.07. The maximum absolute atomic E-state index is 12.1. The number of fused-ring (bicyclic) bond motifs is 1. The summed E-state index contributed by atoms with van der Waals surface area (Å²) in [4.78, 5) is 0.419. The molecule has 0 spiro atoms. The maximum atomic E-state index is 12.1. The molecule has 0 amide bonds. The van der Waals surface area contributed by atoms with Crippen molar-refractivity contribution in [2.75, 3.05) is 26.0 Å². The van der Waals surface area contributed by atoms with Gasteiger partial charge in [0.25, 0.3) is 0 Å². The van der Waals surface area contributed by atoms with Gasteiger partial charge in [-0.1, -0.05) is 0 Å². The molecule has 0 atom stereocenters. The molecule has 2 rings (SSSR count). The highest BCUT2D eigenvalue weighted by Gasteiger charge is 2.18. The van der Waals surface area contributed by atoms with Gasteiger partial charge in [-0.15, -0.1) is 0 Å². The lowest BCUT2D eigenvalue weighted by Crippen LogP contribution is -2.15. The van der Waals surface area contributed by atoms with Gasteiger partial charge >= 0.3 is 0 Å². The number of ether oxygens (including phenoxy) is 1. The first-order valence-electron chi connectivity index (χ1n) is 6.26. The molecule has 0 fully saturated rings. The monoisotopic (exact) mass is 269 g/mol. The molecule has 4 nitrogen and oxygen atoms in total. The number of nitrogens with one attached hydrogen (secondary N) is 1. The lowest BCUT2D eigenvalue weighted by atomic mass is 10.1. The zero-order valence-corrected chi connectivity index (χ0v) is 11.4. The minimum Gasteiger partial charge on any atom is -0.493 e. The van der Waals surface area contributed by atoms with Crippen LogP contribution in [0.1, 0.15) is 18.4 Å². The number of hydrogen-bond donors (Lipinski definition) is 1. The number of rotatable bonds is 5. The van der Waals surface area contributed by atoms with Gasteiger partial charge in [-0.05, 0) is 56.6 Å². The standard InChI is InChI=1S/C13H19NO3S/c1-14-7-3-9-18(15,16)12-5-6-13-11(10-12)4-2-8-17-13/h5-6,10,14H,2-4,7-9H2,1H3. The van der Waals surface area contributed by atoms with Gasteiger partial charge in [-0.25, -0.2) is 8.42 Å². The van der Waals surface area contributed by atoms with Gasteiger partial charge in [0.1, 0.15) is 5.75 Å². The van der Waals surface area contributed by atoms with E-state index in [0.29, 0.717) is 17.9 Å². The Bertz CT molecular complexity index is 511. The molecule has 1 N–H and O–H groups in total. The molecule has 0 bridgehead atoms. The highest BCUT2D eigenvalue weighted by atomic mass is 32.2. The number of aryl methyl sites for hydroxylation is 1. The molecular weight excluding hydrogens is 250 g/mol. The summed E-state index contributed by atoms with van der Waals surface area (Å²) in [5, 5.41) is 2.96. The van der Waals surface area contributed by atoms with E-state index in [-0.39, 0.29) is 5.75 Å². The van der Waals surface area contributed by atoms with Crippen molar-refractivity contribution in [3.8, 4) is 5.75 Å². The van der Waals surface area contributed by atoms with Crippen molar-refractivity contribution in [1.82, 2.24) is 5.32 Å². The van der Waals surface area contributed by atoms with Gasteiger partial charge < -0.3 is 10.1 Å². The van der Waals surface area contributed by atoms with Gasteiger partial charge in [0.15, 0.2) is 9.84 Å². The van der Waals surface area contributed by atoms with Crippen molar-refractivity contribution in [3.05, 3.63) is 23.8 Å². The van der Waals surface area contributed by atoms with E-state index in [1.165, 1.54) is 0 Å². The summed E-state index contributed by atoms with van der Waals surface area (Å²) in [6.45, 7) is 1.44. The van der Waals surface area contributed by atoms with Gasteiger partial charge in [0.2, 0.25) is 0 Å². The second-order valence-electron chi connectivity index (χ2n) is 4.50. The third-order valence-electron chi connectivity index (χ3n) is 3.08. The maximum Gasteiger partial charge on any atom is 0.178 e. The minimum atomic E-state index is -3.16. The normalized spacial score (nSPS) is 14.9. The lowest BCUT2D eigenvalue weighted by Gasteiger charge is -2.17. The molecule has 1 aliphatic rings. The Morgan fingerprint density at radius 3 is 3.00 bits per heavy atom. The van der Waals surface area contributed by atoms with Crippen LogP contribution in [0.4, 0.5) is 0 Å². The third-order valence-corrected chi connectivity index (χ3v) is 4.88. The van der Waals surface area contributed by atoms with Crippen LogP contribution in [0, 0.1) is 0 Å². The average molecular weight is 269 g/mol. The fraction of sp³-hybridized carbons (Fsp3) is 0.538. The minimum absolute atomic E-state index is 0.188. The molecule has 0 radical (unpaired) electrons. The summed E-state index contributed by atoms with van der Waals surface area (Å²) in [5.74, 6) is 1.02. The quantitative estimate of drug-likeness (QED) is 0.821. The smallest absolute Gasteiger partial charge is 0.178 e. The molecule has 1 aromatic carbocycles. The Morgan fingerprint density at radius 2 is 2.22 bits per heavy atom. The average Bonchev–Trinajstić information content (AvgIpc) is 2.38. The third kappa shape index (κ3) is 3.03. The Balaban J connectivity index is 2.17. The van der Waals surface area contributed by atoms with Crippen LogP contribution >= 0.6 is 0 Å². The zero-order valence-electron chi connectivity index (χ0n) is 10.6. The van der Waals surface area contributed by atoms with Gasteiger partial charge in [-0.3, -0.25) is 0 Å². The number of sulfone groups is 1. The van der Waals surface area contributed by atoms with Crippen molar-refractivity contribution in [2.24, 2.45) is 0 Å². The lowest BCUT2D eigenvalue weighted by molar-refractivity contribution is 0.288. The van der Waals surface area contributed by atoms with Crippen LogP contribution in [0.15, 0.2) is 23.1 Å². The first kappa shape index (κ1) is 13.4. The molecule has 0 saturated heterocycles. The Kier molecular flexibility index (Phi) is 4.24. The van der Waals surface area contributed by atoms with E-state index >= 15 is 0 Å². The first-order chi connectivity index (χ1) is 8.63. The summed E-state index contributed by atoms with van der Waals surface area (Å²) < 4.78 is 29.7. The molecule has 0 aliphatic carbocycles. The van der Waals surface area contributed by atoms with Crippen molar-refractivity contribution >= 4 is 9.84 Å². The van der Waals surface area contributed by atoms with E-state index in [9.17, 15) is 8.42 Å². The number of benzene rings is 1. The molecule has 1 heterocycles. The van der Waals surface area contributed by atoms with Crippen LogP contribution in [0.5, 0.6) is 5.75 Å². The molecule has 0 saturated carbocycles. The predicted octanol–water partition coefficient (Wildman–Crippen LogP) is 1.39. The largest absolute Gasteiger partial charge is 0.493 e. The zero-order chi connectivity index (χ0) is 13.0. The Morgan fingerprint density at radius 1 is 1.39 bits per heavy atom. The topological polar surface area (TPSA) is 55.4 Å². The van der Waals surface area contributed by atoms with Crippen LogP contribution in [0.3, 0.4) is 0 Å². The van der Waals surface area contributed by atoms with Crippen LogP contribution < -0.4 is 10.1 Å². The van der Waals surface area contributed by atoms with Crippen molar-refractivity contribution < 1.29 is 13.2 Å². The van der Waals surface area contributed by atoms with E-state index in [0.717, 1.165) is 30.8 Å². The van der Waals surface area contributed by atoms with Gasteiger partial charge in [0.05, 0.1) is 17.3 Å². The van der Waals surface area contributed by atoms with Crippen molar-refractivity contribution in [1.29, 1.82) is 0 Å². The summed E-state index contributed by atoms with van der Waals surface area (Å²) in [7, 11) is -1.34. The molecule has 0 unspecified atom stereocenters. The SMILES string of the molecule is CNCCCS(=O)(=O)c1ccc2c(c1)CCCO2. The second kappa shape index (κ2) is 5.71. The Labute approximate surface area is 108 Å². The van der Waals surface area contributed by atoms with Crippen molar-refractivity contribution in [2.45, 2.75) is 24.2 Å². The van der Waals surface area contributed by atoms with Crippen molar-refractivity contribution in [3.63, 3.8) is 0 Å². The first-order valence-corrected chi connectivity index (χ1v) is 7.92. The predicted molar refractivity (Wildman–Crippen MR) is 70.9 cm³/mol. The van der Waals surface area contributed by atoms with E-state index in [1.807, 2.05) is 7.05 Å². The highest BCUT2D eigenvalue weighted by molar-refractivity contribution is 7.91. The molecule has 100 valence electrons. The van der Waals surface area contributed by atoms with E-state index in [4.69, 9.17) is 4.74 Å². The molecule has 5 heteroatoms. The summed E-state index contributed by atoms with van der Waals surface area (Å²) in [5.41, 5.74) is 1.01. The molecule has 1 aromatic rings. The van der Waals surface area contributed by atoms with Crippen LogP contribution in [-0.2, 0) is 16.3 Å². The van der Waals surface area contributed by atoms with Crippen LogP contribution in [0.25, 0.3) is 0 Å². The molecule has 1 aliphatic heterocycles. The summed E-state index contributed by atoms with van der Waals surface area (Å²) in [6.07, 6.45) is 2.48. The van der Waals surface area contributed by atoms with E-state index in [1.54, 1.807) is 18.2 Å². The molecule has 18 heavy (non-hydrogen) atoms. The summed E-state index contributed by atoms with van der Waals surface area (Å²) in [6, 6.07) is 5.20. The fourth-order valence-corrected chi connectivity index (χ4v) is 3.44. The highest BCUT2D eigenvalue weighted by Crippen LogP contribution is 2.27. The van der Waals surface area contributed by atoms with Crippen LogP contribution in [-0.4, -0.2) is 34.4 Å².